The minimum Gasteiger partial charge on any atom is -0.377 e. The van der Waals surface area contributed by atoms with Gasteiger partial charge in [0.05, 0.1) is 0 Å². The third-order valence-electron chi connectivity index (χ3n) is 2.43. The number of rotatable bonds is 9. The quantitative estimate of drug-likeness (QED) is 0.424. The predicted molar refractivity (Wildman–Crippen MR) is 75.1 cm³/mol. The van der Waals surface area contributed by atoms with Gasteiger partial charge < -0.3 is 13.3 Å². The van der Waals surface area contributed by atoms with E-state index in [1.165, 1.54) is 11.8 Å². The number of aromatic amines is 1. The van der Waals surface area contributed by atoms with Crippen molar-refractivity contribution in [2.45, 2.75) is 22.8 Å². The highest BCUT2D eigenvalue weighted by Gasteiger charge is 2.36. The maximum atomic E-state index is 5.36. The third-order valence-corrected chi connectivity index (χ3v) is 6.75. The summed E-state index contributed by atoms with van der Waals surface area (Å²) in [7, 11) is 2.48. The van der Waals surface area contributed by atoms with E-state index < -0.39 is 8.80 Å². The van der Waals surface area contributed by atoms with Gasteiger partial charge in [0.15, 0.2) is 5.16 Å². The van der Waals surface area contributed by atoms with Crippen molar-refractivity contribution in [2.24, 2.45) is 0 Å². The molecule has 0 atom stereocenters. The van der Waals surface area contributed by atoms with E-state index in [4.69, 9.17) is 13.3 Å². The Hall–Kier alpha value is -0.0631. The van der Waals surface area contributed by atoms with Crippen LogP contribution in [0, 0.1) is 0 Å². The summed E-state index contributed by atoms with van der Waals surface area (Å²) in [5, 5.41) is 8.56. The van der Waals surface area contributed by atoms with E-state index in [1.54, 1.807) is 33.1 Å². The summed E-state index contributed by atoms with van der Waals surface area (Å²) >= 11 is 3.17. The molecule has 1 rings (SSSR count). The highest BCUT2D eigenvalue weighted by molar-refractivity contribution is 7.99. The van der Waals surface area contributed by atoms with Gasteiger partial charge in [-0.3, -0.25) is 5.10 Å². The molecule has 104 valence electrons. The van der Waals surface area contributed by atoms with Crippen molar-refractivity contribution in [2.75, 3.05) is 33.3 Å². The van der Waals surface area contributed by atoms with Gasteiger partial charge in [0.25, 0.3) is 0 Å². The Morgan fingerprint density at radius 3 is 2.39 bits per heavy atom. The molecule has 18 heavy (non-hydrogen) atoms. The summed E-state index contributed by atoms with van der Waals surface area (Å²) in [6.07, 6.45) is 2.90. The van der Waals surface area contributed by atoms with E-state index in [-0.39, 0.29) is 0 Å². The standard InChI is InChI=1S/C9H19N3O3S2Si/c1-13-18(14-2,15-3)7-5-6-17-9-10-8(16-4)11-12-9/h5-7H2,1-4H3,(H,10,11,12). The van der Waals surface area contributed by atoms with Gasteiger partial charge in [-0.2, -0.15) is 4.98 Å². The minimum atomic E-state index is -2.42. The molecule has 9 heteroatoms. The molecule has 0 aliphatic rings. The molecular weight excluding hydrogens is 290 g/mol. The molecule has 0 bridgehead atoms. The Bertz CT molecular complexity index is 341. The number of nitrogens with one attached hydrogen (secondary N) is 1. The molecule has 0 unspecified atom stereocenters. The number of thioether (sulfide) groups is 2. The average Bonchev–Trinajstić information content (AvgIpc) is 2.88. The molecule has 0 saturated carbocycles. The summed E-state index contributed by atoms with van der Waals surface area (Å²) in [6, 6.07) is 0.799. The van der Waals surface area contributed by atoms with Gasteiger partial charge in [0.2, 0.25) is 5.16 Å². The Balaban J connectivity index is 2.29. The van der Waals surface area contributed by atoms with Crippen molar-refractivity contribution in [3.05, 3.63) is 0 Å². The first-order chi connectivity index (χ1) is 8.69. The van der Waals surface area contributed by atoms with E-state index in [0.717, 1.165) is 28.5 Å². The molecule has 0 fully saturated rings. The molecule has 0 aliphatic carbocycles. The van der Waals surface area contributed by atoms with E-state index in [9.17, 15) is 0 Å². The molecule has 0 spiro atoms. The topological polar surface area (TPSA) is 69.3 Å². The smallest absolute Gasteiger partial charge is 0.377 e. The molecule has 0 aromatic carbocycles. The number of nitrogens with zero attached hydrogens (tertiary/aromatic N) is 2. The van der Waals surface area contributed by atoms with E-state index in [0.29, 0.717) is 0 Å². The molecule has 0 aliphatic heterocycles. The number of hydrogen-bond donors (Lipinski definition) is 1. The van der Waals surface area contributed by atoms with Crippen LogP contribution in [-0.4, -0.2) is 57.3 Å². The SMILES string of the molecule is CO[Si](CCCSc1nc(SC)n[nH]1)(OC)OC. The Kier molecular flexibility index (Phi) is 7.26. The average molecular weight is 309 g/mol. The fourth-order valence-corrected chi connectivity index (χ4v) is 4.50. The van der Waals surface area contributed by atoms with Gasteiger partial charge in [-0.25, -0.2) is 0 Å². The van der Waals surface area contributed by atoms with Gasteiger partial charge in [0, 0.05) is 33.1 Å². The summed E-state index contributed by atoms with van der Waals surface area (Å²) in [5.74, 6) is 0.924. The van der Waals surface area contributed by atoms with E-state index in [1.807, 2.05) is 6.26 Å². The molecule has 6 nitrogen and oxygen atoms in total. The fraction of sp³-hybridized carbons (Fsp3) is 0.778. The lowest BCUT2D eigenvalue weighted by Crippen LogP contribution is -2.42. The zero-order chi connectivity index (χ0) is 13.4. The second-order valence-electron chi connectivity index (χ2n) is 3.37. The first kappa shape index (κ1) is 16.0. The molecule has 0 amide bonds. The van der Waals surface area contributed by atoms with E-state index in [2.05, 4.69) is 15.2 Å². The summed E-state index contributed by atoms with van der Waals surface area (Å²) in [5.41, 5.74) is 0. The van der Waals surface area contributed by atoms with Crippen molar-refractivity contribution in [3.63, 3.8) is 0 Å². The first-order valence-corrected chi connectivity index (χ1v) is 9.58. The lowest BCUT2D eigenvalue weighted by Gasteiger charge is -2.23. The fourth-order valence-electron chi connectivity index (χ4n) is 1.40. The van der Waals surface area contributed by atoms with Crippen molar-refractivity contribution in [1.29, 1.82) is 0 Å². The molecule has 1 heterocycles. The third kappa shape index (κ3) is 4.56. The van der Waals surface area contributed by atoms with Crippen molar-refractivity contribution < 1.29 is 13.3 Å². The molecule has 1 aromatic heterocycles. The lowest BCUT2D eigenvalue weighted by molar-refractivity contribution is 0.123. The van der Waals surface area contributed by atoms with Crippen LogP contribution in [0.5, 0.6) is 0 Å². The van der Waals surface area contributed by atoms with Crippen LogP contribution in [0.1, 0.15) is 6.42 Å². The number of hydrogen-bond acceptors (Lipinski definition) is 7. The summed E-state index contributed by atoms with van der Waals surface area (Å²) in [4.78, 5) is 4.30. The summed E-state index contributed by atoms with van der Waals surface area (Å²) in [6.45, 7) is 0. The van der Waals surface area contributed by atoms with Gasteiger partial charge >= 0.3 is 8.80 Å². The first-order valence-electron chi connectivity index (χ1n) is 5.44. The van der Waals surface area contributed by atoms with Crippen LogP contribution < -0.4 is 0 Å². The summed E-state index contributed by atoms with van der Waals surface area (Å²) < 4.78 is 16.1. The van der Waals surface area contributed by atoms with Crippen molar-refractivity contribution in [3.8, 4) is 0 Å². The van der Waals surface area contributed by atoms with Crippen molar-refractivity contribution in [1.82, 2.24) is 15.2 Å². The molecule has 0 radical (unpaired) electrons. The van der Waals surface area contributed by atoms with Crippen LogP contribution in [-0.2, 0) is 13.3 Å². The van der Waals surface area contributed by atoms with E-state index >= 15 is 0 Å². The second kappa shape index (κ2) is 8.18. The maximum absolute atomic E-state index is 5.36. The highest BCUT2D eigenvalue weighted by Crippen LogP contribution is 2.21. The van der Waals surface area contributed by atoms with Crippen molar-refractivity contribution >= 4 is 32.3 Å². The van der Waals surface area contributed by atoms with Gasteiger partial charge in [0.1, 0.15) is 0 Å². The molecule has 0 saturated heterocycles. The largest absolute Gasteiger partial charge is 0.500 e. The van der Waals surface area contributed by atoms with Crippen LogP contribution in [0.25, 0.3) is 0 Å². The minimum absolute atomic E-state index is 0.770. The second-order valence-corrected chi connectivity index (χ2v) is 8.32. The van der Waals surface area contributed by atoms with Gasteiger partial charge in [-0.05, 0) is 12.7 Å². The normalized spacial score (nSPS) is 12.0. The van der Waals surface area contributed by atoms with Crippen LogP contribution in [0.4, 0.5) is 0 Å². The number of H-pyrrole nitrogens is 1. The van der Waals surface area contributed by atoms with Gasteiger partial charge in [-0.15, -0.1) is 5.10 Å². The van der Waals surface area contributed by atoms with Crippen LogP contribution in [0.2, 0.25) is 6.04 Å². The lowest BCUT2D eigenvalue weighted by atomic mass is 10.6. The molecule has 1 N–H and O–H groups in total. The van der Waals surface area contributed by atoms with Crippen LogP contribution >= 0.6 is 23.5 Å². The Labute approximate surface area is 117 Å². The number of aromatic nitrogens is 3. The molecular formula is C9H19N3O3S2Si. The maximum Gasteiger partial charge on any atom is 0.500 e. The monoisotopic (exact) mass is 309 g/mol. The zero-order valence-corrected chi connectivity index (χ0v) is 13.7. The predicted octanol–water partition coefficient (Wildman–Crippen LogP) is 1.89. The Morgan fingerprint density at radius 1 is 1.22 bits per heavy atom. The van der Waals surface area contributed by atoms with Gasteiger partial charge in [-0.1, -0.05) is 23.5 Å². The molecule has 1 aromatic rings. The van der Waals surface area contributed by atoms with Crippen LogP contribution in [0.3, 0.4) is 0 Å². The zero-order valence-electron chi connectivity index (χ0n) is 11.1. The van der Waals surface area contributed by atoms with Crippen LogP contribution in [0.15, 0.2) is 10.3 Å². The Morgan fingerprint density at radius 2 is 1.89 bits per heavy atom. The highest BCUT2D eigenvalue weighted by atomic mass is 32.2.